The summed E-state index contributed by atoms with van der Waals surface area (Å²) in [5.41, 5.74) is 0. The van der Waals surface area contributed by atoms with Gasteiger partial charge in [0.15, 0.2) is 0 Å². The molecule has 2 N–H and O–H groups in total. The number of likely N-dealkylation sites (tertiary alicyclic amines) is 1. The summed E-state index contributed by atoms with van der Waals surface area (Å²) in [6, 6.07) is 0.618. The molecule has 0 aromatic carbocycles. The first-order valence-electron chi connectivity index (χ1n) is 6.32. The Bertz CT molecular complexity index is 315. The molecule has 2 aliphatic rings. The van der Waals surface area contributed by atoms with Gasteiger partial charge in [-0.05, 0) is 18.8 Å². The van der Waals surface area contributed by atoms with Crippen LogP contribution in [0.4, 0.5) is 0 Å². The predicted molar refractivity (Wildman–Crippen MR) is 62.5 cm³/mol. The van der Waals surface area contributed by atoms with E-state index in [0.717, 1.165) is 0 Å². The average Bonchev–Trinajstić information content (AvgIpc) is 2.99. The monoisotopic (exact) mass is 240 g/mol. The van der Waals surface area contributed by atoms with Crippen molar-refractivity contribution in [2.75, 3.05) is 19.6 Å². The van der Waals surface area contributed by atoms with Crippen LogP contribution in [0, 0.1) is 11.8 Å². The number of nitrogens with one attached hydrogen (secondary N) is 1. The zero-order chi connectivity index (χ0) is 12.4. The van der Waals surface area contributed by atoms with Gasteiger partial charge in [0.1, 0.15) is 0 Å². The number of amides is 1. The molecular formula is C12H20N2O3. The Morgan fingerprint density at radius 1 is 1.35 bits per heavy atom. The van der Waals surface area contributed by atoms with Crippen LogP contribution in [0.1, 0.15) is 26.2 Å². The molecule has 2 fully saturated rings. The highest BCUT2D eigenvalue weighted by atomic mass is 16.4. The van der Waals surface area contributed by atoms with Crippen molar-refractivity contribution in [2.45, 2.75) is 32.2 Å². The zero-order valence-corrected chi connectivity index (χ0v) is 10.2. The number of aliphatic carboxylic acids is 1. The van der Waals surface area contributed by atoms with E-state index < -0.39 is 11.9 Å². The molecule has 0 bridgehead atoms. The maximum absolute atomic E-state index is 11.9. The van der Waals surface area contributed by atoms with Crippen LogP contribution >= 0.6 is 0 Å². The summed E-state index contributed by atoms with van der Waals surface area (Å²) in [6.07, 6.45) is 2.92. The minimum absolute atomic E-state index is 0.0628. The molecule has 0 aromatic rings. The fourth-order valence-corrected chi connectivity index (χ4v) is 2.32. The molecule has 1 heterocycles. The molecule has 2 atom stereocenters. The molecule has 5 heteroatoms. The SMILES string of the molecule is C[C@@H]1CN(C(=O)CCNC2CC2)C[C@H]1C(=O)O. The van der Waals surface area contributed by atoms with Gasteiger partial charge in [-0.25, -0.2) is 0 Å². The van der Waals surface area contributed by atoms with Gasteiger partial charge in [0.25, 0.3) is 0 Å². The first kappa shape index (κ1) is 12.4. The van der Waals surface area contributed by atoms with Gasteiger partial charge in [-0.1, -0.05) is 6.92 Å². The van der Waals surface area contributed by atoms with E-state index in [4.69, 9.17) is 5.11 Å². The molecule has 0 spiro atoms. The summed E-state index contributed by atoms with van der Waals surface area (Å²) < 4.78 is 0. The molecule has 17 heavy (non-hydrogen) atoms. The fourth-order valence-electron chi connectivity index (χ4n) is 2.32. The minimum atomic E-state index is -0.788. The van der Waals surface area contributed by atoms with Crippen molar-refractivity contribution in [1.82, 2.24) is 10.2 Å². The standard InChI is InChI=1S/C12H20N2O3/c1-8-6-14(7-10(8)12(16)17)11(15)4-5-13-9-2-3-9/h8-10,13H,2-7H2,1H3,(H,16,17)/t8-,10-/m1/s1. The van der Waals surface area contributed by atoms with E-state index in [1.165, 1.54) is 12.8 Å². The van der Waals surface area contributed by atoms with Crippen molar-refractivity contribution in [2.24, 2.45) is 11.8 Å². The second-order valence-electron chi connectivity index (χ2n) is 5.20. The highest BCUT2D eigenvalue weighted by Crippen LogP contribution is 2.23. The molecule has 1 saturated heterocycles. The molecular weight excluding hydrogens is 220 g/mol. The molecule has 0 unspecified atom stereocenters. The van der Waals surface area contributed by atoms with Gasteiger partial charge in [-0.2, -0.15) is 0 Å². The normalized spacial score (nSPS) is 28.4. The summed E-state index contributed by atoms with van der Waals surface area (Å²) in [5.74, 6) is -1.04. The number of nitrogens with zero attached hydrogens (tertiary/aromatic N) is 1. The number of hydrogen-bond acceptors (Lipinski definition) is 3. The van der Waals surface area contributed by atoms with Gasteiger partial charge in [-0.15, -0.1) is 0 Å². The molecule has 5 nitrogen and oxygen atoms in total. The van der Waals surface area contributed by atoms with Crippen LogP contribution in [0.5, 0.6) is 0 Å². The third kappa shape index (κ3) is 3.19. The van der Waals surface area contributed by atoms with Crippen LogP contribution in [-0.2, 0) is 9.59 Å². The topological polar surface area (TPSA) is 69.6 Å². The van der Waals surface area contributed by atoms with Crippen molar-refractivity contribution in [3.8, 4) is 0 Å². The second-order valence-corrected chi connectivity index (χ2v) is 5.20. The number of carbonyl (C=O) groups excluding carboxylic acids is 1. The highest BCUT2D eigenvalue weighted by Gasteiger charge is 2.36. The van der Waals surface area contributed by atoms with Crippen molar-refractivity contribution >= 4 is 11.9 Å². The van der Waals surface area contributed by atoms with E-state index in [-0.39, 0.29) is 11.8 Å². The first-order chi connectivity index (χ1) is 8.08. The molecule has 2 rings (SSSR count). The lowest BCUT2D eigenvalue weighted by atomic mass is 9.99. The van der Waals surface area contributed by atoms with E-state index >= 15 is 0 Å². The Morgan fingerprint density at radius 2 is 2.06 bits per heavy atom. The Morgan fingerprint density at radius 3 is 2.59 bits per heavy atom. The summed E-state index contributed by atoms with van der Waals surface area (Å²) >= 11 is 0. The van der Waals surface area contributed by atoms with E-state index in [1.54, 1.807) is 4.90 Å². The second kappa shape index (κ2) is 5.04. The van der Waals surface area contributed by atoms with E-state index in [9.17, 15) is 9.59 Å². The molecule has 0 radical (unpaired) electrons. The Hall–Kier alpha value is -1.10. The Balaban J connectivity index is 1.73. The maximum Gasteiger partial charge on any atom is 0.308 e. The van der Waals surface area contributed by atoms with Crippen molar-refractivity contribution in [3.05, 3.63) is 0 Å². The summed E-state index contributed by atoms with van der Waals surface area (Å²) in [6.45, 7) is 3.57. The van der Waals surface area contributed by atoms with Gasteiger partial charge in [-0.3, -0.25) is 9.59 Å². The van der Waals surface area contributed by atoms with Crippen LogP contribution in [0.15, 0.2) is 0 Å². The fraction of sp³-hybridized carbons (Fsp3) is 0.833. The molecule has 1 aliphatic heterocycles. The lowest BCUT2D eigenvalue weighted by Gasteiger charge is -2.15. The number of carboxylic acids is 1. The smallest absolute Gasteiger partial charge is 0.308 e. The van der Waals surface area contributed by atoms with E-state index in [0.29, 0.717) is 32.1 Å². The van der Waals surface area contributed by atoms with Gasteiger partial charge in [0.2, 0.25) is 5.91 Å². The van der Waals surface area contributed by atoms with Crippen LogP contribution in [0.2, 0.25) is 0 Å². The van der Waals surface area contributed by atoms with Gasteiger partial charge in [0.05, 0.1) is 5.92 Å². The van der Waals surface area contributed by atoms with Crippen LogP contribution in [0.25, 0.3) is 0 Å². The highest BCUT2D eigenvalue weighted by molar-refractivity contribution is 5.79. The molecule has 1 saturated carbocycles. The maximum atomic E-state index is 11.9. The summed E-state index contributed by atoms with van der Waals surface area (Å²) in [5, 5.41) is 12.3. The van der Waals surface area contributed by atoms with E-state index in [1.807, 2.05) is 6.92 Å². The molecule has 1 amide bonds. The van der Waals surface area contributed by atoms with Gasteiger partial charge >= 0.3 is 5.97 Å². The zero-order valence-electron chi connectivity index (χ0n) is 10.2. The Kier molecular flexibility index (Phi) is 3.66. The first-order valence-corrected chi connectivity index (χ1v) is 6.32. The lowest BCUT2D eigenvalue weighted by Crippen LogP contribution is -2.32. The minimum Gasteiger partial charge on any atom is -0.481 e. The number of rotatable bonds is 5. The lowest BCUT2D eigenvalue weighted by molar-refractivity contribution is -0.142. The largest absolute Gasteiger partial charge is 0.481 e. The Labute approximate surface area is 101 Å². The third-order valence-electron chi connectivity index (χ3n) is 3.63. The average molecular weight is 240 g/mol. The molecule has 96 valence electrons. The van der Waals surface area contributed by atoms with Crippen LogP contribution in [-0.4, -0.2) is 47.6 Å². The van der Waals surface area contributed by atoms with Crippen molar-refractivity contribution in [3.63, 3.8) is 0 Å². The third-order valence-corrected chi connectivity index (χ3v) is 3.63. The van der Waals surface area contributed by atoms with E-state index in [2.05, 4.69) is 5.32 Å². The van der Waals surface area contributed by atoms with Crippen LogP contribution in [0.3, 0.4) is 0 Å². The van der Waals surface area contributed by atoms with Gasteiger partial charge < -0.3 is 15.3 Å². The molecule has 0 aromatic heterocycles. The van der Waals surface area contributed by atoms with Crippen molar-refractivity contribution < 1.29 is 14.7 Å². The summed E-state index contributed by atoms with van der Waals surface area (Å²) in [4.78, 5) is 24.5. The van der Waals surface area contributed by atoms with Crippen LogP contribution < -0.4 is 5.32 Å². The number of carbonyl (C=O) groups is 2. The quantitative estimate of drug-likeness (QED) is 0.725. The summed E-state index contributed by atoms with van der Waals surface area (Å²) in [7, 11) is 0. The van der Waals surface area contributed by atoms with Crippen molar-refractivity contribution in [1.29, 1.82) is 0 Å². The predicted octanol–water partition coefficient (Wildman–Crippen LogP) is 0.308. The van der Waals surface area contributed by atoms with Gasteiger partial charge in [0, 0.05) is 32.1 Å². The number of hydrogen-bond donors (Lipinski definition) is 2. The molecule has 1 aliphatic carbocycles. The number of carboxylic acid groups (broad SMARTS) is 1.